The van der Waals surface area contributed by atoms with Crippen LogP contribution in [0.2, 0.25) is 0 Å². The Balaban J connectivity index is 1.61. The zero-order chi connectivity index (χ0) is 17.9. The first-order chi connectivity index (χ1) is 12.1. The summed E-state index contributed by atoms with van der Waals surface area (Å²) >= 11 is 0. The maximum absolute atomic E-state index is 11.3. The van der Waals surface area contributed by atoms with Gasteiger partial charge in [0.15, 0.2) is 0 Å². The number of carbonyl (C=O) groups is 1. The summed E-state index contributed by atoms with van der Waals surface area (Å²) in [5, 5.41) is 12.7. The number of nitrogens with zero attached hydrogens (tertiary/aromatic N) is 1. The molecular weight excluding hydrogens is 324 g/mol. The van der Waals surface area contributed by atoms with Gasteiger partial charge in [-0.1, -0.05) is 18.2 Å². The zero-order valence-corrected chi connectivity index (χ0v) is 13.7. The zero-order valence-electron chi connectivity index (χ0n) is 13.7. The van der Waals surface area contributed by atoms with Gasteiger partial charge in [-0.2, -0.15) is 0 Å². The molecular formula is C18H20N2O5. The number of amides is 1. The summed E-state index contributed by atoms with van der Waals surface area (Å²) in [6, 6.07) is 16.4. The molecule has 0 aliphatic heterocycles. The minimum Gasteiger partial charge on any atom is -0.494 e. The molecule has 0 spiro atoms. The number of rotatable bonds is 10. The Morgan fingerprint density at radius 1 is 0.920 bits per heavy atom. The number of hydrogen-bond donors (Lipinski definition) is 1. The van der Waals surface area contributed by atoms with E-state index in [1.807, 2.05) is 30.3 Å². The van der Waals surface area contributed by atoms with E-state index in [9.17, 15) is 14.9 Å². The maximum atomic E-state index is 11.3. The Labute approximate surface area is 145 Å². The molecule has 132 valence electrons. The summed E-state index contributed by atoms with van der Waals surface area (Å²) in [4.78, 5) is 20.9. The molecule has 0 aromatic heterocycles. The van der Waals surface area contributed by atoms with Crippen molar-refractivity contribution in [1.82, 2.24) is 0 Å². The SMILES string of the molecule is O=C(C[N+](=O)[O-])Nc1ccc(OCCCCOc2ccccc2)cc1. The van der Waals surface area contributed by atoms with E-state index in [4.69, 9.17) is 9.47 Å². The number of carbonyl (C=O) groups excluding carboxylic acids is 1. The van der Waals surface area contributed by atoms with Gasteiger partial charge in [-0.15, -0.1) is 0 Å². The van der Waals surface area contributed by atoms with Crippen molar-refractivity contribution in [2.45, 2.75) is 12.8 Å². The fourth-order valence-corrected chi connectivity index (χ4v) is 2.05. The van der Waals surface area contributed by atoms with E-state index in [-0.39, 0.29) is 0 Å². The summed E-state index contributed by atoms with van der Waals surface area (Å²) < 4.78 is 11.2. The predicted molar refractivity (Wildman–Crippen MR) is 93.6 cm³/mol. The molecule has 7 nitrogen and oxygen atoms in total. The number of nitrogens with one attached hydrogen (secondary N) is 1. The van der Waals surface area contributed by atoms with Gasteiger partial charge in [0.2, 0.25) is 0 Å². The number of benzene rings is 2. The Morgan fingerprint density at radius 2 is 1.48 bits per heavy atom. The summed E-state index contributed by atoms with van der Waals surface area (Å²) in [5.41, 5.74) is 0.496. The number of unbranched alkanes of at least 4 members (excludes halogenated alkanes) is 1. The Bertz CT molecular complexity index is 674. The van der Waals surface area contributed by atoms with Crippen LogP contribution in [0.1, 0.15) is 12.8 Å². The molecule has 0 saturated heterocycles. The van der Waals surface area contributed by atoms with Crippen molar-refractivity contribution < 1.29 is 19.2 Å². The van der Waals surface area contributed by atoms with Crippen molar-refractivity contribution in [1.29, 1.82) is 0 Å². The third-order valence-corrected chi connectivity index (χ3v) is 3.23. The van der Waals surface area contributed by atoms with Crippen LogP contribution in [0.15, 0.2) is 54.6 Å². The second-order valence-electron chi connectivity index (χ2n) is 5.28. The lowest BCUT2D eigenvalue weighted by Crippen LogP contribution is -2.21. The molecule has 2 aromatic carbocycles. The van der Waals surface area contributed by atoms with E-state index < -0.39 is 17.4 Å². The van der Waals surface area contributed by atoms with Crippen LogP contribution in [0.25, 0.3) is 0 Å². The first-order valence-electron chi connectivity index (χ1n) is 7.96. The van der Waals surface area contributed by atoms with Crippen LogP contribution in [0.4, 0.5) is 5.69 Å². The average Bonchev–Trinajstić information content (AvgIpc) is 2.59. The van der Waals surface area contributed by atoms with Crippen LogP contribution in [-0.2, 0) is 4.79 Å². The Hall–Kier alpha value is -3.09. The van der Waals surface area contributed by atoms with Crippen LogP contribution >= 0.6 is 0 Å². The van der Waals surface area contributed by atoms with Crippen LogP contribution in [-0.4, -0.2) is 30.6 Å². The van der Waals surface area contributed by atoms with E-state index in [0.717, 1.165) is 18.6 Å². The van der Waals surface area contributed by atoms with Gasteiger partial charge in [-0.05, 0) is 49.2 Å². The second-order valence-corrected chi connectivity index (χ2v) is 5.28. The van der Waals surface area contributed by atoms with E-state index in [1.165, 1.54) is 0 Å². The summed E-state index contributed by atoms with van der Waals surface area (Å²) in [7, 11) is 0. The van der Waals surface area contributed by atoms with Gasteiger partial charge in [0, 0.05) is 10.6 Å². The standard InChI is InChI=1S/C18H20N2O5/c21-18(14-20(22)23)19-15-8-10-17(11-9-15)25-13-5-4-12-24-16-6-2-1-3-7-16/h1-3,6-11H,4-5,12-14H2,(H,19,21). The van der Waals surface area contributed by atoms with Crippen molar-refractivity contribution in [2.24, 2.45) is 0 Å². The molecule has 0 aliphatic carbocycles. The normalized spacial score (nSPS) is 10.1. The highest BCUT2D eigenvalue weighted by Crippen LogP contribution is 2.16. The lowest BCUT2D eigenvalue weighted by molar-refractivity contribution is -0.467. The highest BCUT2D eigenvalue weighted by atomic mass is 16.6. The highest BCUT2D eigenvalue weighted by Gasteiger charge is 2.09. The van der Waals surface area contributed by atoms with Crippen molar-refractivity contribution in [2.75, 3.05) is 25.1 Å². The quantitative estimate of drug-likeness (QED) is 0.406. The summed E-state index contributed by atoms with van der Waals surface area (Å²) in [6.45, 7) is 0.448. The molecule has 25 heavy (non-hydrogen) atoms. The van der Waals surface area contributed by atoms with Crippen LogP contribution < -0.4 is 14.8 Å². The summed E-state index contributed by atoms with van der Waals surface area (Å²) in [5.74, 6) is 0.881. The average molecular weight is 344 g/mol. The van der Waals surface area contributed by atoms with Gasteiger partial charge < -0.3 is 14.8 Å². The molecule has 0 unspecified atom stereocenters. The molecule has 2 rings (SSSR count). The van der Waals surface area contributed by atoms with Crippen LogP contribution in [0.3, 0.4) is 0 Å². The number of ether oxygens (including phenoxy) is 2. The molecule has 7 heteroatoms. The van der Waals surface area contributed by atoms with E-state index >= 15 is 0 Å². The van der Waals surface area contributed by atoms with E-state index in [0.29, 0.717) is 24.7 Å². The number of hydrogen-bond acceptors (Lipinski definition) is 5. The van der Waals surface area contributed by atoms with E-state index in [1.54, 1.807) is 24.3 Å². The topological polar surface area (TPSA) is 90.7 Å². The minimum absolute atomic E-state index is 0.496. The van der Waals surface area contributed by atoms with Crippen molar-refractivity contribution in [3.63, 3.8) is 0 Å². The number of para-hydroxylation sites is 1. The highest BCUT2D eigenvalue weighted by molar-refractivity contribution is 5.91. The minimum atomic E-state index is -0.747. The molecule has 0 heterocycles. The van der Waals surface area contributed by atoms with E-state index in [2.05, 4.69) is 5.32 Å². The van der Waals surface area contributed by atoms with Crippen molar-refractivity contribution in [3.8, 4) is 11.5 Å². The van der Waals surface area contributed by atoms with Gasteiger partial charge in [0.05, 0.1) is 13.2 Å². The molecule has 2 aromatic rings. The van der Waals surface area contributed by atoms with Gasteiger partial charge >= 0.3 is 0 Å². The molecule has 0 atom stereocenters. The molecule has 0 saturated carbocycles. The molecule has 0 fully saturated rings. The third-order valence-electron chi connectivity index (χ3n) is 3.23. The molecule has 0 bridgehead atoms. The smallest absolute Gasteiger partial charge is 0.296 e. The third kappa shape index (κ3) is 7.34. The Kier molecular flexibility index (Phi) is 7.24. The Morgan fingerprint density at radius 3 is 2.04 bits per heavy atom. The molecule has 0 aliphatic rings. The predicted octanol–water partition coefficient (Wildman–Crippen LogP) is 3.14. The van der Waals surface area contributed by atoms with Crippen molar-refractivity contribution >= 4 is 11.6 Å². The molecule has 1 amide bonds. The monoisotopic (exact) mass is 344 g/mol. The number of nitro groups is 1. The second kappa shape index (κ2) is 9.92. The molecule has 1 N–H and O–H groups in total. The lowest BCUT2D eigenvalue weighted by atomic mass is 10.3. The molecule has 0 radical (unpaired) electrons. The fourth-order valence-electron chi connectivity index (χ4n) is 2.05. The largest absolute Gasteiger partial charge is 0.494 e. The maximum Gasteiger partial charge on any atom is 0.296 e. The van der Waals surface area contributed by atoms with Crippen LogP contribution in [0.5, 0.6) is 11.5 Å². The summed E-state index contributed by atoms with van der Waals surface area (Å²) in [6.07, 6.45) is 1.73. The lowest BCUT2D eigenvalue weighted by Gasteiger charge is -2.08. The van der Waals surface area contributed by atoms with Gasteiger partial charge in [0.1, 0.15) is 11.5 Å². The first kappa shape index (κ1) is 18.3. The fraction of sp³-hybridized carbons (Fsp3) is 0.278. The van der Waals surface area contributed by atoms with Crippen molar-refractivity contribution in [3.05, 3.63) is 64.7 Å². The van der Waals surface area contributed by atoms with Gasteiger partial charge in [0.25, 0.3) is 12.5 Å². The van der Waals surface area contributed by atoms with Crippen LogP contribution in [0, 0.1) is 10.1 Å². The van der Waals surface area contributed by atoms with Gasteiger partial charge in [-0.25, -0.2) is 0 Å². The first-order valence-corrected chi connectivity index (χ1v) is 7.96. The van der Waals surface area contributed by atoms with Gasteiger partial charge in [-0.3, -0.25) is 14.9 Å². The number of anilines is 1.